The van der Waals surface area contributed by atoms with Crippen LogP contribution in [0.4, 0.5) is 25.4 Å². The van der Waals surface area contributed by atoms with Gasteiger partial charge in [0.1, 0.15) is 18.3 Å². The molecule has 2 amide bonds. The average molecular weight is 351 g/mol. The molecule has 0 spiro atoms. The third kappa shape index (κ3) is 3.73. The zero-order chi connectivity index (χ0) is 17.8. The fourth-order valence-corrected chi connectivity index (χ4v) is 2.59. The highest BCUT2D eigenvalue weighted by molar-refractivity contribution is 5.90. The van der Waals surface area contributed by atoms with Crippen molar-refractivity contribution in [3.8, 4) is 0 Å². The predicted molar refractivity (Wildman–Crippen MR) is 88.3 cm³/mol. The number of nitrogens with zero attached hydrogens (tertiary/aromatic N) is 3. The first-order chi connectivity index (χ1) is 12.1. The lowest BCUT2D eigenvalue weighted by molar-refractivity contribution is 0.132. The molecule has 1 aromatic carbocycles. The average Bonchev–Trinajstić information content (AvgIpc) is 3.01. The minimum Gasteiger partial charge on any atom is -0.453 e. The predicted octanol–water partition coefficient (Wildman–Crippen LogP) is 0.860. The van der Waals surface area contributed by atoms with Crippen LogP contribution < -0.4 is 20.5 Å². The number of methoxy groups -OCH3 is 1. The summed E-state index contributed by atoms with van der Waals surface area (Å²) in [4.78, 5) is 26.1. The van der Waals surface area contributed by atoms with Gasteiger partial charge >= 0.3 is 12.2 Å². The van der Waals surface area contributed by atoms with Crippen molar-refractivity contribution in [2.45, 2.75) is 6.10 Å². The van der Waals surface area contributed by atoms with Gasteiger partial charge in [0.15, 0.2) is 0 Å². The van der Waals surface area contributed by atoms with Gasteiger partial charge < -0.3 is 25.1 Å². The van der Waals surface area contributed by atoms with Crippen LogP contribution >= 0.6 is 0 Å². The summed E-state index contributed by atoms with van der Waals surface area (Å²) >= 11 is 0. The minimum atomic E-state index is -0.609. The van der Waals surface area contributed by atoms with Crippen LogP contribution in [0.5, 0.6) is 0 Å². The summed E-state index contributed by atoms with van der Waals surface area (Å²) < 4.78 is 24.1. The van der Waals surface area contributed by atoms with Gasteiger partial charge in [0.05, 0.1) is 38.1 Å². The number of hydrogen-bond donors (Lipinski definition) is 2. The van der Waals surface area contributed by atoms with E-state index in [1.165, 1.54) is 24.4 Å². The Morgan fingerprint density at radius 2 is 2.40 bits per heavy atom. The van der Waals surface area contributed by atoms with Crippen molar-refractivity contribution in [3.05, 3.63) is 24.0 Å². The van der Waals surface area contributed by atoms with E-state index in [9.17, 15) is 14.0 Å². The number of hydrazone groups is 1. The lowest BCUT2D eigenvalue weighted by Gasteiger charge is -2.24. The number of anilines is 2. The van der Waals surface area contributed by atoms with Crippen LogP contribution in [-0.4, -0.2) is 57.9 Å². The molecule has 9 nitrogen and oxygen atoms in total. The molecule has 0 aliphatic carbocycles. The summed E-state index contributed by atoms with van der Waals surface area (Å²) in [6.07, 6.45) is -0.218. The number of halogens is 1. The van der Waals surface area contributed by atoms with Crippen molar-refractivity contribution >= 4 is 29.9 Å². The zero-order valence-electron chi connectivity index (χ0n) is 13.6. The van der Waals surface area contributed by atoms with E-state index in [2.05, 4.69) is 20.6 Å². The third-order valence-electron chi connectivity index (χ3n) is 3.84. The molecule has 1 fully saturated rings. The Bertz CT molecular complexity index is 698. The van der Waals surface area contributed by atoms with E-state index < -0.39 is 24.1 Å². The number of amides is 2. The van der Waals surface area contributed by atoms with Gasteiger partial charge in [0.25, 0.3) is 0 Å². The van der Waals surface area contributed by atoms with Crippen LogP contribution in [0.3, 0.4) is 0 Å². The van der Waals surface area contributed by atoms with Crippen LogP contribution in [0.1, 0.15) is 0 Å². The topological polar surface area (TPSA) is 95.5 Å². The molecule has 1 aromatic rings. The molecule has 10 heteroatoms. The number of cyclic esters (lactones) is 1. The van der Waals surface area contributed by atoms with E-state index in [1.807, 2.05) is 0 Å². The number of ether oxygens (including phenoxy) is 2. The van der Waals surface area contributed by atoms with Gasteiger partial charge in [0.2, 0.25) is 0 Å². The summed E-state index contributed by atoms with van der Waals surface area (Å²) in [6, 6.07) is 4.52. The molecular weight excluding hydrogens is 333 g/mol. The Morgan fingerprint density at radius 1 is 1.56 bits per heavy atom. The second-order valence-corrected chi connectivity index (χ2v) is 5.47. The molecule has 2 heterocycles. The van der Waals surface area contributed by atoms with Crippen molar-refractivity contribution in [2.24, 2.45) is 5.10 Å². The van der Waals surface area contributed by atoms with Gasteiger partial charge in [-0.25, -0.2) is 14.0 Å². The Balaban J connectivity index is 1.68. The summed E-state index contributed by atoms with van der Waals surface area (Å²) in [5, 5.41) is 6.36. The number of alkyl carbamates (subject to hydrolysis) is 1. The van der Waals surface area contributed by atoms with Gasteiger partial charge in [-0.15, -0.1) is 0 Å². The van der Waals surface area contributed by atoms with Crippen LogP contribution in [0.25, 0.3) is 0 Å². The van der Waals surface area contributed by atoms with Crippen LogP contribution in [0.2, 0.25) is 0 Å². The van der Waals surface area contributed by atoms with Crippen molar-refractivity contribution in [2.75, 3.05) is 43.1 Å². The highest BCUT2D eigenvalue weighted by Gasteiger charge is 2.33. The van der Waals surface area contributed by atoms with E-state index in [-0.39, 0.29) is 13.1 Å². The lowest BCUT2D eigenvalue weighted by Crippen LogP contribution is -2.35. The molecule has 0 bridgehead atoms. The maximum atomic E-state index is 14.4. The highest BCUT2D eigenvalue weighted by atomic mass is 19.1. The van der Waals surface area contributed by atoms with E-state index in [0.717, 1.165) is 0 Å². The van der Waals surface area contributed by atoms with E-state index in [1.54, 1.807) is 17.0 Å². The highest BCUT2D eigenvalue weighted by Crippen LogP contribution is 2.27. The van der Waals surface area contributed by atoms with Crippen LogP contribution in [0.15, 0.2) is 23.3 Å². The van der Waals surface area contributed by atoms with Crippen molar-refractivity contribution in [1.29, 1.82) is 0 Å². The van der Waals surface area contributed by atoms with Gasteiger partial charge in [-0.05, 0) is 18.2 Å². The normalized spacial score (nSPS) is 19.4. The molecule has 134 valence electrons. The quantitative estimate of drug-likeness (QED) is 0.835. The van der Waals surface area contributed by atoms with Crippen LogP contribution in [0, 0.1) is 5.82 Å². The Morgan fingerprint density at radius 3 is 3.08 bits per heavy atom. The Hall–Kier alpha value is -3.04. The molecule has 0 saturated carbocycles. The first kappa shape index (κ1) is 16.8. The third-order valence-corrected chi connectivity index (χ3v) is 3.84. The molecule has 0 radical (unpaired) electrons. The molecule has 1 saturated heterocycles. The monoisotopic (exact) mass is 351 g/mol. The first-order valence-corrected chi connectivity index (χ1v) is 7.70. The number of hydrogen-bond acceptors (Lipinski definition) is 7. The zero-order valence-corrected chi connectivity index (χ0v) is 13.6. The van der Waals surface area contributed by atoms with Crippen LogP contribution in [-0.2, 0) is 9.47 Å². The van der Waals surface area contributed by atoms with Crippen molar-refractivity contribution < 1.29 is 23.5 Å². The summed E-state index contributed by atoms with van der Waals surface area (Å²) in [5.41, 5.74) is 3.56. The lowest BCUT2D eigenvalue weighted by atomic mass is 10.2. The molecule has 25 heavy (non-hydrogen) atoms. The van der Waals surface area contributed by atoms with Crippen molar-refractivity contribution in [3.63, 3.8) is 0 Å². The Kier molecular flexibility index (Phi) is 4.87. The standard InChI is InChI=1S/C15H18FN5O4/c1-24-14(22)17-7-11-8-21(15(23)25-11)10-2-3-13(12(16)6-10)20-5-4-18-19-9-20/h2-3,6,9,11,18H,4-5,7-8H2,1H3,(H,17,22). The molecule has 2 aliphatic heterocycles. The first-order valence-electron chi connectivity index (χ1n) is 7.70. The van der Waals surface area contributed by atoms with E-state index in [4.69, 9.17) is 4.74 Å². The van der Waals surface area contributed by atoms with Gasteiger partial charge in [-0.1, -0.05) is 0 Å². The molecule has 3 rings (SSSR count). The second kappa shape index (κ2) is 7.24. The fraction of sp³-hybridized carbons (Fsp3) is 0.400. The number of carbonyl (C=O) groups excluding carboxylic acids is 2. The second-order valence-electron chi connectivity index (χ2n) is 5.47. The number of nitrogens with one attached hydrogen (secondary N) is 2. The largest absolute Gasteiger partial charge is 0.453 e. The Labute approximate surface area is 143 Å². The van der Waals surface area contributed by atoms with Gasteiger partial charge in [0, 0.05) is 6.54 Å². The van der Waals surface area contributed by atoms with Crippen molar-refractivity contribution in [1.82, 2.24) is 10.7 Å². The summed E-state index contributed by atoms with van der Waals surface area (Å²) in [6.45, 7) is 1.53. The number of benzene rings is 1. The summed E-state index contributed by atoms with van der Waals surface area (Å²) in [5.74, 6) is -0.463. The molecular formula is C15H18FN5O4. The maximum Gasteiger partial charge on any atom is 0.414 e. The molecule has 0 aromatic heterocycles. The number of rotatable bonds is 4. The molecule has 2 N–H and O–H groups in total. The fourth-order valence-electron chi connectivity index (χ4n) is 2.59. The smallest absolute Gasteiger partial charge is 0.414 e. The van der Waals surface area contributed by atoms with Gasteiger partial charge in [-0.3, -0.25) is 4.90 Å². The van der Waals surface area contributed by atoms with E-state index in [0.29, 0.717) is 24.5 Å². The van der Waals surface area contributed by atoms with Gasteiger partial charge in [-0.2, -0.15) is 5.10 Å². The molecule has 2 aliphatic rings. The SMILES string of the molecule is COC(=O)NCC1CN(c2ccc(N3C=NNCC3)c(F)c2)C(=O)O1. The summed E-state index contributed by atoms with van der Waals surface area (Å²) in [7, 11) is 1.25. The molecule has 1 unspecified atom stereocenters. The van der Waals surface area contributed by atoms with E-state index >= 15 is 0 Å². The minimum absolute atomic E-state index is 0.118. The maximum absolute atomic E-state index is 14.4. The number of carbonyl (C=O) groups is 2. The molecule has 1 atom stereocenters.